The molecule has 0 aromatic carbocycles. The highest BCUT2D eigenvalue weighted by atomic mass is 15.3. The van der Waals surface area contributed by atoms with Gasteiger partial charge in [0.05, 0.1) is 30.2 Å². The summed E-state index contributed by atoms with van der Waals surface area (Å²) in [5, 5.41) is 12.5. The minimum absolute atomic E-state index is 0.612. The highest BCUT2D eigenvalue weighted by molar-refractivity contribution is 5.39. The fourth-order valence-corrected chi connectivity index (χ4v) is 3.84. The smallest absolute Gasteiger partial charge is 0.0729 e. The molecule has 0 bridgehead atoms. The molecule has 5 nitrogen and oxygen atoms in total. The normalized spacial score (nSPS) is 20.0. The maximum absolute atomic E-state index is 4.53. The molecular weight excluding hydrogens is 274 g/mol. The Bertz CT molecular complexity index is 548. The van der Waals surface area contributed by atoms with Crippen LogP contribution in [0.5, 0.6) is 0 Å². The van der Waals surface area contributed by atoms with Crippen molar-refractivity contribution in [1.29, 1.82) is 0 Å². The van der Waals surface area contributed by atoms with E-state index in [1.165, 1.54) is 56.9 Å². The number of hydrogen-bond acceptors (Lipinski definition) is 3. The Morgan fingerprint density at radius 3 is 2.14 bits per heavy atom. The largest absolute Gasteiger partial charge is 0.378 e. The number of rotatable bonds is 5. The minimum atomic E-state index is 0.612. The first-order chi connectivity index (χ1) is 10.9. The van der Waals surface area contributed by atoms with E-state index >= 15 is 0 Å². The zero-order valence-electron chi connectivity index (χ0n) is 13.1. The molecule has 2 aromatic rings. The lowest BCUT2D eigenvalue weighted by atomic mass is 10.2. The van der Waals surface area contributed by atoms with Crippen molar-refractivity contribution in [2.45, 2.75) is 70.0 Å². The molecule has 0 spiro atoms. The van der Waals surface area contributed by atoms with E-state index in [9.17, 15) is 0 Å². The zero-order chi connectivity index (χ0) is 14.8. The average Bonchev–Trinajstić information content (AvgIpc) is 3.33. The molecular formula is C17H25N5. The summed E-state index contributed by atoms with van der Waals surface area (Å²) in [6.07, 6.45) is 18.8. The Hall–Kier alpha value is -1.78. The third-order valence-electron chi connectivity index (χ3n) is 5.15. The Labute approximate surface area is 131 Å². The second kappa shape index (κ2) is 6.15. The van der Waals surface area contributed by atoms with Gasteiger partial charge in [-0.05, 0) is 25.7 Å². The standard InChI is InChI=1S/C17H25N5/c1-2-6-16(5-1)21-12-14(10-19-21)9-18-15-11-20-22(13-15)17-7-3-4-8-17/h10-13,16-18H,1-9H2. The maximum atomic E-state index is 4.53. The van der Waals surface area contributed by atoms with Gasteiger partial charge in [-0.25, -0.2) is 0 Å². The summed E-state index contributed by atoms with van der Waals surface area (Å²) in [6.45, 7) is 0.823. The fourth-order valence-electron chi connectivity index (χ4n) is 3.84. The van der Waals surface area contributed by atoms with Gasteiger partial charge >= 0.3 is 0 Å². The van der Waals surface area contributed by atoms with Crippen LogP contribution in [0.25, 0.3) is 0 Å². The molecule has 22 heavy (non-hydrogen) atoms. The molecule has 2 heterocycles. The summed E-state index contributed by atoms with van der Waals surface area (Å²) >= 11 is 0. The third-order valence-corrected chi connectivity index (χ3v) is 5.15. The molecule has 2 aromatic heterocycles. The van der Waals surface area contributed by atoms with E-state index in [-0.39, 0.29) is 0 Å². The predicted octanol–water partition coefficient (Wildman–Crippen LogP) is 3.92. The van der Waals surface area contributed by atoms with Gasteiger partial charge in [0.25, 0.3) is 0 Å². The lowest BCUT2D eigenvalue weighted by molar-refractivity contribution is 0.466. The highest BCUT2D eigenvalue weighted by Gasteiger charge is 2.18. The van der Waals surface area contributed by atoms with Gasteiger partial charge in [0.1, 0.15) is 0 Å². The van der Waals surface area contributed by atoms with Gasteiger partial charge in [-0.3, -0.25) is 9.36 Å². The first kappa shape index (κ1) is 13.9. The van der Waals surface area contributed by atoms with Crippen molar-refractivity contribution >= 4 is 5.69 Å². The lowest BCUT2D eigenvalue weighted by Crippen LogP contribution is -2.05. The molecule has 4 rings (SSSR count). The van der Waals surface area contributed by atoms with E-state index in [1.54, 1.807) is 0 Å². The van der Waals surface area contributed by atoms with Gasteiger partial charge in [0.2, 0.25) is 0 Å². The van der Waals surface area contributed by atoms with Gasteiger partial charge in [-0.1, -0.05) is 25.7 Å². The number of aromatic nitrogens is 4. The lowest BCUT2D eigenvalue weighted by Gasteiger charge is -2.09. The van der Waals surface area contributed by atoms with Crippen molar-refractivity contribution in [2.75, 3.05) is 5.32 Å². The van der Waals surface area contributed by atoms with Gasteiger partial charge in [0, 0.05) is 24.5 Å². The van der Waals surface area contributed by atoms with Crippen molar-refractivity contribution in [2.24, 2.45) is 0 Å². The van der Waals surface area contributed by atoms with Crippen molar-refractivity contribution < 1.29 is 0 Å². The number of hydrogen-bond donors (Lipinski definition) is 1. The summed E-state index contributed by atoms with van der Waals surface area (Å²) in [5.74, 6) is 0. The van der Waals surface area contributed by atoms with E-state index in [2.05, 4.69) is 37.3 Å². The van der Waals surface area contributed by atoms with Crippen LogP contribution < -0.4 is 5.32 Å². The summed E-state index contributed by atoms with van der Waals surface area (Å²) in [5.41, 5.74) is 2.36. The summed E-state index contributed by atoms with van der Waals surface area (Å²) in [7, 11) is 0. The Kier molecular flexibility index (Phi) is 3.87. The van der Waals surface area contributed by atoms with Crippen LogP contribution >= 0.6 is 0 Å². The number of anilines is 1. The van der Waals surface area contributed by atoms with Crippen molar-refractivity contribution in [3.05, 3.63) is 30.4 Å². The topological polar surface area (TPSA) is 47.7 Å². The van der Waals surface area contributed by atoms with Crippen molar-refractivity contribution in [1.82, 2.24) is 19.6 Å². The van der Waals surface area contributed by atoms with E-state index in [4.69, 9.17) is 0 Å². The van der Waals surface area contributed by atoms with Crippen LogP contribution in [0, 0.1) is 0 Å². The van der Waals surface area contributed by atoms with Crippen molar-refractivity contribution in [3.63, 3.8) is 0 Å². The molecule has 1 N–H and O–H groups in total. The molecule has 2 fully saturated rings. The third kappa shape index (κ3) is 2.89. The molecule has 2 aliphatic rings. The molecule has 118 valence electrons. The Morgan fingerprint density at radius 2 is 1.45 bits per heavy atom. The first-order valence-corrected chi connectivity index (χ1v) is 8.69. The Morgan fingerprint density at radius 1 is 0.864 bits per heavy atom. The van der Waals surface area contributed by atoms with E-state index in [0.29, 0.717) is 12.1 Å². The molecule has 0 atom stereocenters. The molecule has 5 heteroatoms. The minimum Gasteiger partial charge on any atom is -0.378 e. The number of nitrogens with zero attached hydrogens (tertiary/aromatic N) is 4. The quantitative estimate of drug-likeness (QED) is 0.910. The van der Waals surface area contributed by atoms with Crippen LogP contribution in [0.1, 0.15) is 69.0 Å². The predicted molar refractivity (Wildman–Crippen MR) is 86.8 cm³/mol. The van der Waals surface area contributed by atoms with Crippen LogP contribution in [0.15, 0.2) is 24.8 Å². The second-order valence-electron chi connectivity index (χ2n) is 6.77. The summed E-state index contributed by atoms with van der Waals surface area (Å²) < 4.78 is 4.29. The van der Waals surface area contributed by atoms with Gasteiger partial charge in [-0.2, -0.15) is 10.2 Å². The van der Waals surface area contributed by atoms with E-state index in [0.717, 1.165) is 12.2 Å². The van der Waals surface area contributed by atoms with E-state index in [1.807, 2.05) is 12.4 Å². The van der Waals surface area contributed by atoms with Crippen LogP contribution in [0.4, 0.5) is 5.69 Å². The molecule has 0 unspecified atom stereocenters. The van der Waals surface area contributed by atoms with E-state index < -0.39 is 0 Å². The molecule has 2 aliphatic carbocycles. The molecule has 0 aliphatic heterocycles. The molecule has 2 saturated carbocycles. The average molecular weight is 299 g/mol. The van der Waals surface area contributed by atoms with Gasteiger partial charge in [-0.15, -0.1) is 0 Å². The SMILES string of the molecule is c1nn(C2CCCC2)cc1CNc1cnn(C2CCCC2)c1. The summed E-state index contributed by atoms with van der Waals surface area (Å²) in [4.78, 5) is 0. The maximum Gasteiger partial charge on any atom is 0.0729 e. The first-order valence-electron chi connectivity index (χ1n) is 8.69. The summed E-state index contributed by atoms with van der Waals surface area (Å²) in [6, 6.07) is 1.24. The van der Waals surface area contributed by atoms with Gasteiger partial charge < -0.3 is 5.32 Å². The molecule has 0 saturated heterocycles. The van der Waals surface area contributed by atoms with Crippen LogP contribution in [0.3, 0.4) is 0 Å². The van der Waals surface area contributed by atoms with Crippen LogP contribution in [0.2, 0.25) is 0 Å². The second-order valence-corrected chi connectivity index (χ2v) is 6.77. The Balaban J connectivity index is 1.34. The highest BCUT2D eigenvalue weighted by Crippen LogP contribution is 2.30. The van der Waals surface area contributed by atoms with Crippen LogP contribution in [-0.2, 0) is 6.54 Å². The fraction of sp³-hybridized carbons (Fsp3) is 0.647. The molecule has 0 radical (unpaired) electrons. The van der Waals surface area contributed by atoms with Crippen molar-refractivity contribution in [3.8, 4) is 0 Å². The number of nitrogens with one attached hydrogen (secondary N) is 1. The monoisotopic (exact) mass is 299 g/mol. The zero-order valence-corrected chi connectivity index (χ0v) is 13.1. The van der Waals surface area contributed by atoms with Gasteiger partial charge in [0.15, 0.2) is 0 Å². The van der Waals surface area contributed by atoms with Crippen LogP contribution in [-0.4, -0.2) is 19.6 Å². The molecule has 0 amide bonds.